The maximum atomic E-state index is 12.4. The van der Waals surface area contributed by atoms with E-state index in [2.05, 4.69) is 0 Å². The number of hydrogen-bond acceptors (Lipinski definition) is 6. The van der Waals surface area contributed by atoms with Gasteiger partial charge in [-0.3, -0.25) is 4.79 Å². The third-order valence-electron chi connectivity index (χ3n) is 3.65. The molecule has 1 aromatic rings. The van der Waals surface area contributed by atoms with Crippen molar-refractivity contribution in [3.8, 4) is 5.75 Å². The summed E-state index contributed by atoms with van der Waals surface area (Å²) in [5.41, 5.74) is -2.22. The largest absolute Gasteiger partial charge is 0.506 e. The van der Waals surface area contributed by atoms with Crippen molar-refractivity contribution in [2.45, 2.75) is 36.3 Å². The molecule has 5 N–H and O–H groups in total. The van der Waals surface area contributed by atoms with E-state index in [-0.39, 0.29) is 18.4 Å². The topological polar surface area (TPSA) is 161 Å². The lowest BCUT2D eigenvalue weighted by Crippen LogP contribution is -2.64. The third-order valence-corrected chi connectivity index (χ3v) is 5.20. The van der Waals surface area contributed by atoms with Crippen LogP contribution in [-0.4, -0.2) is 52.4 Å². The van der Waals surface area contributed by atoms with Gasteiger partial charge in [-0.1, -0.05) is 0 Å². The summed E-state index contributed by atoms with van der Waals surface area (Å²) in [5.74, 6) is -3.96. The van der Waals surface area contributed by atoms with Crippen molar-refractivity contribution in [3.63, 3.8) is 0 Å². The van der Waals surface area contributed by atoms with E-state index in [1.807, 2.05) is 4.72 Å². The molecule has 2 rings (SSSR count). The predicted molar refractivity (Wildman–Crippen MR) is 75.7 cm³/mol. The number of sulfonamides is 1. The van der Waals surface area contributed by atoms with Gasteiger partial charge in [0.2, 0.25) is 10.0 Å². The van der Waals surface area contributed by atoms with Crippen LogP contribution in [0.25, 0.3) is 0 Å². The highest BCUT2D eigenvalue weighted by Crippen LogP contribution is 2.36. The molecule has 1 aliphatic rings. The highest BCUT2D eigenvalue weighted by Gasteiger charge is 2.53. The minimum absolute atomic E-state index is 0.263. The number of carbonyl (C=O) groups is 2. The fraction of sp³-hybridized carbons (Fsp3) is 0.385. The lowest BCUT2D eigenvalue weighted by atomic mass is 9.75. The van der Waals surface area contributed by atoms with E-state index < -0.39 is 49.8 Å². The van der Waals surface area contributed by atoms with Crippen molar-refractivity contribution < 1.29 is 38.4 Å². The first-order valence-corrected chi connectivity index (χ1v) is 7.99. The Hall–Kier alpha value is -2.17. The zero-order valence-corrected chi connectivity index (χ0v) is 12.8. The number of nitrogens with one attached hydrogen (secondary N) is 1. The Bertz CT molecular complexity index is 779. The number of aromatic carboxylic acids is 1. The van der Waals surface area contributed by atoms with Crippen molar-refractivity contribution in [1.29, 1.82) is 0 Å². The van der Waals surface area contributed by atoms with Gasteiger partial charge in [0.1, 0.15) is 21.7 Å². The summed E-state index contributed by atoms with van der Waals surface area (Å²) in [6, 6.07) is 2.13. The second-order valence-corrected chi connectivity index (χ2v) is 7.17. The number of rotatable bonds is 5. The Morgan fingerprint density at radius 2 is 1.83 bits per heavy atom. The van der Waals surface area contributed by atoms with E-state index in [0.29, 0.717) is 0 Å². The first-order chi connectivity index (χ1) is 10.5. The van der Waals surface area contributed by atoms with Crippen LogP contribution >= 0.6 is 0 Å². The fourth-order valence-corrected chi connectivity index (χ4v) is 4.06. The zero-order valence-electron chi connectivity index (χ0n) is 12.0. The lowest BCUT2D eigenvalue weighted by Gasteiger charge is -2.41. The van der Waals surface area contributed by atoms with Gasteiger partial charge in [0.15, 0.2) is 0 Å². The molecule has 1 aliphatic carbocycles. The third kappa shape index (κ3) is 3.00. The van der Waals surface area contributed by atoms with E-state index in [1.165, 1.54) is 6.92 Å². The molecule has 0 unspecified atom stereocenters. The first-order valence-electron chi connectivity index (χ1n) is 6.51. The number of carboxylic acid groups (broad SMARTS) is 2. The van der Waals surface area contributed by atoms with Gasteiger partial charge in [0.05, 0.1) is 6.10 Å². The number of phenols is 1. The molecule has 1 saturated carbocycles. The molecule has 1 fully saturated rings. The van der Waals surface area contributed by atoms with Gasteiger partial charge in [-0.05, 0) is 24.6 Å². The summed E-state index contributed by atoms with van der Waals surface area (Å²) in [5, 5.41) is 37.4. The molecule has 0 atom stereocenters. The molecule has 10 heteroatoms. The molecule has 0 saturated heterocycles. The van der Waals surface area contributed by atoms with E-state index in [9.17, 15) is 33.3 Å². The monoisotopic (exact) mass is 345 g/mol. The molecule has 0 amide bonds. The van der Waals surface area contributed by atoms with E-state index >= 15 is 0 Å². The van der Waals surface area contributed by atoms with Crippen molar-refractivity contribution in [2.24, 2.45) is 0 Å². The molecule has 9 nitrogen and oxygen atoms in total. The van der Waals surface area contributed by atoms with Gasteiger partial charge in [-0.25, -0.2) is 13.2 Å². The minimum atomic E-state index is -4.51. The Labute approximate surface area is 131 Å². The van der Waals surface area contributed by atoms with Gasteiger partial charge >= 0.3 is 11.9 Å². The van der Waals surface area contributed by atoms with Crippen LogP contribution in [0.1, 0.15) is 28.8 Å². The van der Waals surface area contributed by atoms with Crippen LogP contribution in [0.3, 0.4) is 0 Å². The predicted octanol–water partition coefficient (Wildman–Crippen LogP) is -0.345. The van der Waals surface area contributed by atoms with Crippen LogP contribution in [0.4, 0.5) is 0 Å². The second kappa shape index (κ2) is 5.48. The van der Waals surface area contributed by atoms with Gasteiger partial charge in [0, 0.05) is 12.8 Å². The van der Waals surface area contributed by atoms with Gasteiger partial charge in [-0.15, -0.1) is 0 Å². The summed E-state index contributed by atoms with van der Waals surface area (Å²) in [4.78, 5) is 21.6. The zero-order chi connectivity index (χ0) is 17.6. The van der Waals surface area contributed by atoms with Crippen molar-refractivity contribution in [1.82, 2.24) is 4.72 Å². The Morgan fingerprint density at radius 1 is 1.26 bits per heavy atom. The summed E-state index contributed by atoms with van der Waals surface area (Å²) < 4.78 is 26.7. The average Bonchev–Trinajstić information content (AvgIpc) is 2.37. The van der Waals surface area contributed by atoms with E-state index in [4.69, 9.17) is 5.11 Å². The minimum Gasteiger partial charge on any atom is -0.506 e. The van der Waals surface area contributed by atoms with Crippen molar-refractivity contribution >= 4 is 22.0 Å². The van der Waals surface area contributed by atoms with Gasteiger partial charge in [-0.2, -0.15) is 4.72 Å². The number of aliphatic hydroxyl groups is 1. The van der Waals surface area contributed by atoms with Crippen LogP contribution < -0.4 is 4.72 Å². The molecule has 0 heterocycles. The SMILES string of the molecule is Cc1cc(C(=O)O)c(O)c(S(=O)(=O)NC2(C(=O)O)CC(O)C2)c1. The smallest absolute Gasteiger partial charge is 0.339 e. The van der Waals surface area contributed by atoms with Crippen LogP contribution in [0.15, 0.2) is 17.0 Å². The van der Waals surface area contributed by atoms with Crippen molar-refractivity contribution in [3.05, 3.63) is 23.3 Å². The number of benzene rings is 1. The molecule has 126 valence electrons. The van der Waals surface area contributed by atoms with E-state index in [1.54, 1.807) is 0 Å². The fourth-order valence-electron chi connectivity index (χ4n) is 2.47. The number of aromatic hydroxyl groups is 1. The Morgan fingerprint density at radius 3 is 2.26 bits per heavy atom. The Kier molecular flexibility index (Phi) is 4.09. The number of aliphatic hydroxyl groups excluding tert-OH is 1. The Balaban J connectivity index is 2.49. The quantitative estimate of drug-likeness (QED) is 0.484. The molecule has 0 aliphatic heterocycles. The van der Waals surface area contributed by atoms with Crippen LogP contribution in [0.2, 0.25) is 0 Å². The number of carboxylic acids is 2. The maximum absolute atomic E-state index is 12.4. The molecule has 0 radical (unpaired) electrons. The average molecular weight is 345 g/mol. The maximum Gasteiger partial charge on any atom is 0.339 e. The standard InChI is InChI=1S/C13H15NO8S/c1-6-2-8(11(17)18)10(16)9(3-6)23(21,22)14-13(12(19)20)4-7(15)5-13/h2-3,7,14-16H,4-5H2,1H3,(H,17,18)(H,19,20). The highest BCUT2D eigenvalue weighted by molar-refractivity contribution is 7.89. The number of aliphatic carboxylic acids is 1. The lowest BCUT2D eigenvalue weighted by molar-refractivity contribution is -0.153. The molecular weight excluding hydrogens is 330 g/mol. The second-order valence-electron chi connectivity index (χ2n) is 5.52. The summed E-state index contributed by atoms with van der Waals surface area (Å²) in [6.07, 6.45) is -1.59. The molecule has 0 spiro atoms. The highest BCUT2D eigenvalue weighted by atomic mass is 32.2. The molecular formula is C13H15NO8S. The van der Waals surface area contributed by atoms with Gasteiger partial charge in [0.25, 0.3) is 0 Å². The van der Waals surface area contributed by atoms with Gasteiger partial charge < -0.3 is 20.4 Å². The van der Waals surface area contributed by atoms with Crippen LogP contribution in [0.5, 0.6) is 5.75 Å². The molecule has 1 aromatic carbocycles. The molecule has 0 aromatic heterocycles. The summed E-state index contributed by atoms with van der Waals surface area (Å²) >= 11 is 0. The summed E-state index contributed by atoms with van der Waals surface area (Å²) in [6.45, 7) is 1.44. The number of hydrogen-bond donors (Lipinski definition) is 5. The first kappa shape index (κ1) is 17.2. The van der Waals surface area contributed by atoms with E-state index in [0.717, 1.165) is 12.1 Å². The van der Waals surface area contributed by atoms with Crippen LogP contribution in [-0.2, 0) is 14.8 Å². The van der Waals surface area contributed by atoms with Crippen molar-refractivity contribution in [2.75, 3.05) is 0 Å². The molecule has 0 bridgehead atoms. The molecule has 23 heavy (non-hydrogen) atoms. The van der Waals surface area contributed by atoms with Crippen LogP contribution in [0, 0.1) is 6.92 Å². The number of aryl methyl sites for hydroxylation is 1. The summed E-state index contributed by atoms with van der Waals surface area (Å²) in [7, 11) is -4.51. The normalized spacial score (nSPS) is 24.0.